The first-order valence-corrected chi connectivity index (χ1v) is 9.70. The second-order valence-corrected chi connectivity index (χ2v) is 6.99. The number of hydrogen-bond donors (Lipinski definition) is 2. The molecular weight excluding hydrogens is 453 g/mol. The number of hydrogen-bond acceptors (Lipinski definition) is 8. The lowest BCUT2D eigenvalue weighted by Crippen LogP contribution is -2.76. The molecule has 1 aromatic carbocycles. The molecular formula is C20H23F3N2O8. The lowest BCUT2D eigenvalue weighted by atomic mass is 9.76. The fourth-order valence-corrected chi connectivity index (χ4v) is 3.60. The number of alkyl halides is 3. The van der Waals surface area contributed by atoms with E-state index >= 15 is 0 Å². The smallest absolute Gasteiger partial charge is 0.423 e. The van der Waals surface area contributed by atoms with Gasteiger partial charge in [0.25, 0.3) is 11.4 Å². The molecule has 0 aromatic heterocycles. The van der Waals surface area contributed by atoms with Crippen LogP contribution in [-0.4, -0.2) is 84.5 Å². The molecule has 13 heteroatoms. The molecule has 1 aromatic rings. The van der Waals surface area contributed by atoms with Crippen LogP contribution in [0.4, 0.5) is 13.2 Å². The highest BCUT2D eigenvalue weighted by molar-refractivity contribution is 6.14. The molecule has 2 unspecified atom stereocenters. The van der Waals surface area contributed by atoms with Crippen LogP contribution in [0.3, 0.4) is 0 Å². The fourth-order valence-electron chi connectivity index (χ4n) is 3.60. The second kappa shape index (κ2) is 9.25. The Morgan fingerprint density at radius 1 is 1.09 bits per heavy atom. The van der Waals surface area contributed by atoms with Crippen LogP contribution >= 0.6 is 0 Å². The molecule has 33 heavy (non-hydrogen) atoms. The van der Waals surface area contributed by atoms with Gasteiger partial charge in [-0.25, -0.2) is 9.59 Å². The minimum absolute atomic E-state index is 0.152. The summed E-state index contributed by atoms with van der Waals surface area (Å²) in [6.07, 6.45) is -5.77. The Balaban J connectivity index is 2.68. The molecule has 0 saturated carbocycles. The number of halogens is 3. The van der Waals surface area contributed by atoms with Crippen molar-refractivity contribution in [2.75, 3.05) is 27.4 Å². The third kappa shape index (κ3) is 3.96. The Hall–Kier alpha value is -3.35. The zero-order valence-corrected chi connectivity index (χ0v) is 18.2. The highest BCUT2D eigenvalue weighted by atomic mass is 19.4. The van der Waals surface area contributed by atoms with Gasteiger partial charge in [0.2, 0.25) is 11.5 Å². The zero-order chi connectivity index (χ0) is 25.2. The van der Waals surface area contributed by atoms with E-state index in [1.165, 1.54) is 45.2 Å². The summed E-state index contributed by atoms with van der Waals surface area (Å²) in [7, 11) is 2.18. The van der Waals surface area contributed by atoms with E-state index in [0.717, 1.165) is 7.05 Å². The summed E-state index contributed by atoms with van der Waals surface area (Å²) in [5.41, 5.74) is -8.28. The van der Waals surface area contributed by atoms with Gasteiger partial charge in [-0.15, -0.1) is 0 Å². The molecule has 0 radical (unpaired) electrons. The molecule has 1 aliphatic heterocycles. The summed E-state index contributed by atoms with van der Waals surface area (Å²) in [5, 5.41) is 12.6. The van der Waals surface area contributed by atoms with Crippen LogP contribution in [0.2, 0.25) is 0 Å². The summed E-state index contributed by atoms with van der Waals surface area (Å²) >= 11 is 0. The van der Waals surface area contributed by atoms with Crippen molar-refractivity contribution in [3.8, 4) is 5.75 Å². The van der Waals surface area contributed by atoms with Crippen LogP contribution in [0.1, 0.15) is 24.2 Å². The normalized spacial score (nSPS) is 21.7. The maximum atomic E-state index is 14.4. The van der Waals surface area contributed by atoms with Crippen LogP contribution in [0.15, 0.2) is 24.3 Å². The number of aliphatic hydroxyl groups is 1. The van der Waals surface area contributed by atoms with Crippen molar-refractivity contribution < 1.29 is 51.7 Å². The van der Waals surface area contributed by atoms with Gasteiger partial charge >= 0.3 is 18.1 Å². The molecule has 0 aliphatic carbocycles. The third-order valence-corrected chi connectivity index (χ3v) is 5.17. The Kier molecular flexibility index (Phi) is 7.27. The highest BCUT2D eigenvalue weighted by Crippen LogP contribution is 2.48. The number of carbonyl (C=O) groups is 4. The molecule has 0 bridgehead atoms. The largest absolute Gasteiger partial charge is 0.497 e. The predicted molar refractivity (Wildman–Crippen MR) is 104 cm³/mol. The standard InChI is InChI=1S/C20H23F3N2O8/c1-5-32-16(28)18(17(29)33-6-2)19(30,20(21,22)23)13(14(26)24-18)25(3)15(27)11-7-9-12(31-4)10-8-11/h7-10,13,30H,5-6H2,1-4H3,(H,24,26). The number of ether oxygens (including phenoxy) is 3. The number of methoxy groups -OCH3 is 1. The average Bonchev–Trinajstić information content (AvgIpc) is 3.01. The Morgan fingerprint density at radius 3 is 1.97 bits per heavy atom. The van der Waals surface area contributed by atoms with E-state index in [1.807, 2.05) is 0 Å². The summed E-state index contributed by atoms with van der Waals surface area (Å²) < 4.78 is 57.3. The van der Waals surface area contributed by atoms with Gasteiger partial charge in [0.05, 0.1) is 20.3 Å². The van der Waals surface area contributed by atoms with Crippen molar-refractivity contribution in [2.45, 2.75) is 37.2 Å². The summed E-state index contributed by atoms with van der Waals surface area (Å²) in [5.74, 6) is -6.14. The number of nitrogens with one attached hydrogen (secondary N) is 1. The summed E-state index contributed by atoms with van der Waals surface area (Å²) in [4.78, 5) is 51.2. The molecule has 0 spiro atoms. The van der Waals surface area contributed by atoms with Crippen molar-refractivity contribution in [3.05, 3.63) is 29.8 Å². The van der Waals surface area contributed by atoms with Gasteiger partial charge in [0, 0.05) is 12.6 Å². The Morgan fingerprint density at radius 2 is 1.58 bits per heavy atom. The average molecular weight is 476 g/mol. The van der Waals surface area contributed by atoms with Gasteiger partial charge in [-0.2, -0.15) is 13.2 Å². The predicted octanol–water partition coefficient (Wildman–Crippen LogP) is 0.424. The fraction of sp³-hybridized carbons (Fsp3) is 0.500. The van der Waals surface area contributed by atoms with Gasteiger partial charge in [-0.05, 0) is 38.1 Å². The van der Waals surface area contributed by atoms with Crippen molar-refractivity contribution in [2.24, 2.45) is 0 Å². The van der Waals surface area contributed by atoms with E-state index in [9.17, 15) is 37.5 Å². The first-order chi connectivity index (χ1) is 15.3. The van der Waals surface area contributed by atoms with E-state index in [2.05, 4.69) is 9.47 Å². The molecule has 182 valence electrons. The first kappa shape index (κ1) is 25.9. The Labute approximate surface area is 186 Å². The van der Waals surface area contributed by atoms with E-state index in [4.69, 9.17) is 4.74 Å². The number of likely N-dealkylation sites (N-methyl/N-ethyl adjacent to an activating group) is 1. The zero-order valence-electron chi connectivity index (χ0n) is 18.2. The minimum Gasteiger partial charge on any atom is -0.497 e. The molecule has 2 amide bonds. The summed E-state index contributed by atoms with van der Waals surface area (Å²) in [6, 6.07) is 2.42. The second-order valence-electron chi connectivity index (χ2n) is 6.99. The monoisotopic (exact) mass is 476 g/mol. The van der Waals surface area contributed by atoms with Crippen LogP contribution in [-0.2, 0) is 23.9 Å². The molecule has 1 heterocycles. The first-order valence-electron chi connectivity index (χ1n) is 9.70. The highest BCUT2D eigenvalue weighted by Gasteiger charge is 2.84. The van der Waals surface area contributed by atoms with Gasteiger partial charge in [0.15, 0.2) is 6.04 Å². The maximum absolute atomic E-state index is 14.4. The number of rotatable bonds is 7. The SMILES string of the molecule is CCOC(=O)C1(C(=O)OCC)NC(=O)C(N(C)C(=O)c2ccc(OC)cc2)C1(O)C(F)(F)F. The van der Waals surface area contributed by atoms with Crippen LogP contribution in [0, 0.1) is 0 Å². The van der Waals surface area contributed by atoms with Crippen LogP contribution < -0.4 is 10.1 Å². The topological polar surface area (TPSA) is 131 Å². The molecule has 1 saturated heterocycles. The molecule has 10 nitrogen and oxygen atoms in total. The van der Waals surface area contributed by atoms with E-state index in [0.29, 0.717) is 10.6 Å². The number of amides is 2. The molecule has 1 aliphatic rings. The number of carbonyl (C=O) groups excluding carboxylic acids is 4. The van der Waals surface area contributed by atoms with E-state index in [1.54, 1.807) is 5.32 Å². The van der Waals surface area contributed by atoms with Gasteiger partial charge in [-0.1, -0.05) is 0 Å². The Bertz CT molecular complexity index is 916. The third-order valence-electron chi connectivity index (χ3n) is 5.17. The molecule has 2 atom stereocenters. The van der Waals surface area contributed by atoms with Crippen LogP contribution in [0.5, 0.6) is 5.75 Å². The molecule has 2 N–H and O–H groups in total. The van der Waals surface area contributed by atoms with Crippen molar-refractivity contribution >= 4 is 23.8 Å². The van der Waals surface area contributed by atoms with Gasteiger partial charge in [0.1, 0.15) is 5.75 Å². The summed E-state index contributed by atoms with van der Waals surface area (Å²) in [6.45, 7) is 1.54. The number of esters is 2. The van der Waals surface area contributed by atoms with Crippen LogP contribution in [0.25, 0.3) is 0 Å². The van der Waals surface area contributed by atoms with Crippen molar-refractivity contribution in [3.63, 3.8) is 0 Å². The minimum atomic E-state index is -5.77. The van der Waals surface area contributed by atoms with Gasteiger partial charge < -0.3 is 29.5 Å². The van der Waals surface area contributed by atoms with E-state index < -0.39 is 60.3 Å². The van der Waals surface area contributed by atoms with Crippen molar-refractivity contribution in [1.29, 1.82) is 0 Å². The maximum Gasteiger partial charge on any atom is 0.423 e. The quantitative estimate of drug-likeness (QED) is 0.428. The lowest BCUT2D eigenvalue weighted by molar-refractivity contribution is -0.289. The van der Waals surface area contributed by atoms with Gasteiger partial charge in [-0.3, -0.25) is 9.59 Å². The lowest BCUT2D eigenvalue weighted by Gasteiger charge is -2.41. The molecule has 1 fully saturated rings. The number of nitrogens with zero attached hydrogens (tertiary/aromatic N) is 1. The number of benzene rings is 1. The van der Waals surface area contributed by atoms with Crippen molar-refractivity contribution in [1.82, 2.24) is 10.2 Å². The molecule has 2 rings (SSSR count). The van der Waals surface area contributed by atoms with E-state index in [-0.39, 0.29) is 5.56 Å².